The Balaban J connectivity index is 2.46. The van der Waals surface area contributed by atoms with Crippen molar-refractivity contribution in [2.24, 2.45) is 0 Å². The summed E-state index contributed by atoms with van der Waals surface area (Å²) in [5.41, 5.74) is 0.881. The Bertz CT molecular complexity index is 414. The van der Waals surface area contributed by atoms with Crippen molar-refractivity contribution in [3.8, 4) is 9.88 Å². The Kier molecular flexibility index (Phi) is 2.60. The van der Waals surface area contributed by atoms with E-state index in [9.17, 15) is 0 Å². The summed E-state index contributed by atoms with van der Waals surface area (Å²) in [7, 11) is 0. The van der Waals surface area contributed by atoms with Gasteiger partial charge in [-0.1, -0.05) is 23.2 Å². The quantitative estimate of drug-likeness (QED) is 0.726. The summed E-state index contributed by atoms with van der Waals surface area (Å²) in [4.78, 5) is 5.41. The van der Waals surface area contributed by atoms with Crippen LogP contribution in [0.1, 0.15) is 5.69 Å². The minimum atomic E-state index is 0.750. The van der Waals surface area contributed by atoms with E-state index in [0.29, 0.717) is 0 Å². The molecule has 0 spiro atoms. The van der Waals surface area contributed by atoms with Crippen molar-refractivity contribution in [1.82, 2.24) is 4.98 Å². The van der Waals surface area contributed by atoms with Crippen molar-refractivity contribution in [2.75, 3.05) is 0 Å². The van der Waals surface area contributed by atoms with Crippen LogP contribution in [-0.4, -0.2) is 4.98 Å². The first kappa shape index (κ1) is 9.46. The first-order chi connectivity index (χ1) is 6.16. The van der Waals surface area contributed by atoms with Crippen LogP contribution in [-0.2, 0) is 0 Å². The molecule has 0 amide bonds. The molecule has 0 radical (unpaired) electrons. The highest BCUT2D eigenvalue weighted by atomic mass is 35.5. The largest absolute Gasteiger partial charge is 0.239 e. The SMILES string of the molecule is Cc1nc(-c2ccc(Cl)s2)sc1Cl. The molecule has 0 N–H and O–H groups in total. The second-order valence-electron chi connectivity index (χ2n) is 2.48. The fourth-order valence-electron chi connectivity index (χ4n) is 0.912. The Morgan fingerprint density at radius 2 is 2.00 bits per heavy atom. The van der Waals surface area contributed by atoms with E-state index in [2.05, 4.69) is 4.98 Å². The number of rotatable bonds is 1. The lowest BCUT2D eigenvalue weighted by molar-refractivity contribution is 1.27. The van der Waals surface area contributed by atoms with Crippen molar-refractivity contribution >= 4 is 45.9 Å². The number of aryl methyl sites for hydroxylation is 1. The lowest BCUT2D eigenvalue weighted by Crippen LogP contribution is -1.70. The average molecular weight is 250 g/mol. The Labute approximate surface area is 94.0 Å². The molecule has 0 bridgehead atoms. The third-order valence-corrected chi connectivity index (χ3v) is 4.38. The summed E-state index contributed by atoms with van der Waals surface area (Å²) < 4.78 is 1.53. The van der Waals surface area contributed by atoms with Gasteiger partial charge in [-0.3, -0.25) is 0 Å². The standard InChI is InChI=1S/C8H5Cl2NS2/c1-4-7(10)13-8(11-4)5-2-3-6(9)12-5/h2-3H,1H3. The van der Waals surface area contributed by atoms with Crippen molar-refractivity contribution in [3.05, 3.63) is 26.5 Å². The highest BCUT2D eigenvalue weighted by molar-refractivity contribution is 7.25. The van der Waals surface area contributed by atoms with Gasteiger partial charge < -0.3 is 0 Å². The van der Waals surface area contributed by atoms with Crippen molar-refractivity contribution in [2.45, 2.75) is 6.92 Å². The van der Waals surface area contributed by atoms with E-state index in [-0.39, 0.29) is 0 Å². The average Bonchev–Trinajstić information content (AvgIpc) is 2.61. The van der Waals surface area contributed by atoms with Gasteiger partial charge in [0.15, 0.2) is 0 Å². The molecule has 0 unspecified atom stereocenters. The summed E-state index contributed by atoms with van der Waals surface area (Å²) in [5.74, 6) is 0. The minimum Gasteiger partial charge on any atom is -0.239 e. The topological polar surface area (TPSA) is 12.9 Å². The summed E-state index contributed by atoms with van der Waals surface area (Å²) in [6.45, 7) is 1.90. The van der Waals surface area contributed by atoms with E-state index in [1.807, 2.05) is 19.1 Å². The summed E-state index contributed by atoms with van der Waals surface area (Å²) in [6.07, 6.45) is 0. The van der Waals surface area contributed by atoms with Crippen LogP contribution in [0.2, 0.25) is 8.67 Å². The molecule has 13 heavy (non-hydrogen) atoms. The Morgan fingerprint density at radius 1 is 1.23 bits per heavy atom. The first-order valence-electron chi connectivity index (χ1n) is 3.55. The van der Waals surface area contributed by atoms with E-state index < -0.39 is 0 Å². The maximum absolute atomic E-state index is 5.91. The van der Waals surface area contributed by atoms with Gasteiger partial charge in [0.05, 0.1) is 14.9 Å². The van der Waals surface area contributed by atoms with Crippen LogP contribution in [0.15, 0.2) is 12.1 Å². The third-order valence-electron chi connectivity index (χ3n) is 1.52. The molecule has 2 heterocycles. The number of hydrogen-bond donors (Lipinski definition) is 0. The van der Waals surface area contributed by atoms with Crippen LogP contribution in [0.3, 0.4) is 0 Å². The number of thiazole rings is 1. The van der Waals surface area contributed by atoms with E-state index in [0.717, 1.165) is 24.3 Å². The minimum absolute atomic E-state index is 0.750. The van der Waals surface area contributed by atoms with Gasteiger partial charge in [0.1, 0.15) is 9.34 Å². The lowest BCUT2D eigenvalue weighted by Gasteiger charge is -1.84. The Morgan fingerprint density at radius 3 is 2.46 bits per heavy atom. The zero-order chi connectivity index (χ0) is 9.42. The van der Waals surface area contributed by atoms with Crippen LogP contribution in [0, 0.1) is 6.92 Å². The summed E-state index contributed by atoms with van der Waals surface area (Å²) in [5, 5.41) is 0.944. The molecule has 2 aromatic rings. The highest BCUT2D eigenvalue weighted by Gasteiger charge is 2.09. The molecule has 2 rings (SSSR count). The van der Waals surface area contributed by atoms with Crippen LogP contribution >= 0.6 is 45.9 Å². The monoisotopic (exact) mass is 249 g/mol. The normalized spacial score (nSPS) is 10.7. The van der Waals surface area contributed by atoms with Crippen molar-refractivity contribution in [3.63, 3.8) is 0 Å². The maximum atomic E-state index is 5.91. The smallest absolute Gasteiger partial charge is 0.135 e. The third kappa shape index (κ3) is 1.89. The van der Waals surface area contributed by atoms with E-state index in [1.165, 1.54) is 22.7 Å². The number of nitrogens with zero attached hydrogens (tertiary/aromatic N) is 1. The van der Waals surface area contributed by atoms with Crippen LogP contribution in [0.4, 0.5) is 0 Å². The van der Waals surface area contributed by atoms with E-state index >= 15 is 0 Å². The van der Waals surface area contributed by atoms with Gasteiger partial charge in [-0.05, 0) is 19.1 Å². The second-order valence-corrected chi connectivity index (χ2v) is 5.80. The van der Waals surface area contributed by atoms with Crippen LogP contribution in [0.25, 0.3) is 9.88 Å². The summed E-state index contributed by atoms with van der Waals surface area (Å²) in [6, 6.07) is 3.83. The van der Waals surface area contributed by atoms with Gasteiger partial charge in [-0.15, -0.1) is 22.7 Å². The van der Waals surface area contributed by atoms with Gasteiger partial charge >= 0.3 is 0 Å². The molecule has 0 fully saturated rings. The number of aromatic nitrogens is 1. The highest BCUT2D eigenvalue weighted by Crippen LogP contribution is 2.36. The molecule has 0 saturated heterocycles. The molecule has 0 atom stereocenters. The maximum Gasteiger partial charge on any atom is 0.135 e. The molecule has 2 aromatic heterocycles. The number of thiophene rings is 1. The van der Waals surface area contributed by atoms with E-state index in [1.54, 1.807) is 0 Å². The molecule has 0 aliphatic heterocycles. The fraction of sp³-hybridized carbons (Fsp3) is 0.125. The van der Waals surface area contributed by atoms with Gasteiger partial charge in [0.2, 0.25) is 0 Å². The van der Waals surface area contributed by atoms with Crippen molar-refractivity contribution in [1.29, 1.82) is 0 Å². The zero-order valence-corrected chi connectivity index (χ0v) is 9.82. The number of hydrogen-bond acceptors (Lipinski definition) is 3. The zero-order valence-electron chi connectivity index (χ0n) is 6.67. The molecule has 68 valence electrons. The first-order valence-corrected chi connectivity index (χ1v) is 5.94. The summed E-state index contributed by atoms with van der Waals surface area (Å²) >= 11 is 14.7. The van der Waals surface area contributed by atoms with Gasteiger partial charge in [0.25, 0.3) is 0 Å². The predicted molar refractivity (Wildman–Crippen MR) is 60.2 cm³/mol. The molecular formula is C8H5Cl2NS2. The predicted octanol–water partition coefficient (Wildman–Crippen LogP) is 4.49. The molecule has 0 aromatic carbocycles. The van der Waals surface area contributed by atoms with Crippen LogP contribution in [0.5, 0.6) is 0 Å². The molecule has 0 aliphatic carbocycles. The fourth-order valence-corrected chi connectivity index (χ4v) is 3.07. The van der Waals surface area contributed by atoms with Gasteiger partial charge in [-0.25, -0.2) is 4.98 Å². The Hall–Kier alpha value is -0.0900. The van der Waals surface area contributed by atoms with Crippen LogP contribution < -0.4 is 0 Å². The molecule has 0 saturated carbocycles. The lowest BCUT2D eigenvalue weighted by atomic mass is 10.5. The molecule has 1 nitrogen and oxygen atoms in total. The molecule has 0 aliphatic rings. The second kappa shape index (κ2) is 3.58. The van der Waals surface area contributed by atoms with Gasteiger partial charge in [0, 0.05) is 0 Å². The number of halogens is 2. The van der Waals surface area contributed by atoms with E-state index in [4.69, 9.17) is 23.2 Å². The van der Waals surface area contributed by atoms with Crippen molar-refractivity contribution < 1.29 is 0 Å². The molecule has 5 heteroatoms. The molecular weight excluding hydrogens is 245 g/mol. The van der Waals surface area contributed by atoms with Gasteiger partial charge in [-0.2, -0.15) is 0 Å².